The molecular weight excluding hydrogens is 368 g/mol. The van der Waals surface area contributed by atoms with Gasteiger partial charge in [0.1, 0.15) is 5.75 Å². The molecule has 1 atom stereocenters. The summed E-state index contributed by atoms with van der Waals surface area (Å²) in [5.41, 5.74) is 2.05. The third-order valence-corrected chi connectivity index (χ3v) is 4.42. The molecule has 6 nitrogen and oxygen atoms in total. The number of ether oxygens (including phenoxy) is 2. The molecule has 2 N–H and O–H groups in total. The third kappa shape index (κ3) is 3.90. The van der Waals surface area contributed by atoms with Crippen LogP contribution in [0.3, 0.4) is 0 Å². The number of halogens is 1. The summed E-state index contributed by atoms with van der Waals surface area (Å²) >= 11 is 6.29. The SMILES string of the molecule is CCOc1ccc(C2NC(=O)NC(c3ccccc3)=C2C(=O)OC)cc1Cl. The van der Waals surface area contributed by atoms with Gasteiger partial charge in [0.05, 0.1) is 36.1 Å². The van der Waals surface area contributed by atoms with Crippen LogP contribution in [0.15, 0.2) is 54.1 Å². The van der Waals surface area contributed by atoms with Gasteiger partial charge in [-0.05, 0) is 30.2 Å². The highest BCUT2D eigenvalue weighted by Gasteiger charge is 2.34. The number of carbonyl (C=O) groups is 2. The number of urea groups is 1. The predicted octanol–water partition coefficient (Wildman–Crippen LogP) is 3.68. The Hall–Kier alpha value is -2.99. The Bertz CT molecular complexity index is 896. The molecule has 1 heterocycles. The highest BCUT2D eigenvalue weighted by atomic mass is 35.5. The van der Waals surface area contributed by atoms with Gasteiger partial charge >= 0.3 is 12.0 Å². The smallest absolute Gasteiger partial charge is 0.338 e. The molecule has 140 valence electrons. The van der Waals surface area contributed by atoms with Crippen molar-refractivity contribution in [2.75, 3.05) is 13.7 Å². The van der Waals surface area contributed by atoms with Gasteiger partial charge in [-0.3, -0.25) is 0 Å². The van der Waals surface area contributed by atoms with Gasteiger partial charge < -0.3 is 20.1 Å². The van der Waals surface area contributed by atoms with Crippen LogP contribution >= 0.6 is 11.6 Å². The van der Waals surface area contributed by atoms with Crippen molar-refractivity contribution in [1.29, 1.82) is 0 Å². The average molecular weight is 387 g/mol. The normalized spacial score (nSPS) is 16.4. The van der Waals surface area contributed by atoms with Gasteiger partial charge in [0.25, 0.3) is 0 Å². The van der Waals surface area contributed by atoms with E-state index in [1.165, 1.54) is 7.11 Å². The molecule has 1 aliphatic rings. The average Bonchev–Trinajstić information content (AvgIpc) is 2.69. The van der Waals surface area contributed by atoms with Gasteiger partial charge in [-0.25, -0.2) is 9.59 Å². The Morgan fingerprint density at radius 3 is 2.56 bits per heavy atom. The van der Waals surface area contributed by atoms with Gasteiger partial charge in [-0.2, -0.15) is 0 Å². The topological polar surface area (TPSA) is 76.7 Å². The lowest BCUT2D eigenvalue weighted by molar-refractivity contribution is -0.136. The van der Waals surface area contributed by atoms with Crippen molar-refractivity contribution < 1.29 is 19.1 Å². The zero-order valence-electron chi connectivity index (χ0n) is 14.9. The van der Waals surface area contributed by atoms with E-state index in [-0.39, 0.29) is 0 Å². The maximum atomic E-state index is 12.6. The van der Waals surface area contributed by atoms with Crippen LogP contribution in [-0.4, -0.2) is 25.7 Å². The quantitative estimate of drug-likeness (QED) is 0.768. The second-order valence-electron chi connectivity index (χ2n) is 5.80. The van der Waals surface area contributed by atoms with Gasteiger partial charge in [0, 0.05) is 0 Å². The van der Waals surface area contributed by atoms with E-state index in [2.05, 4.69) is 10.6 Å². The molecular formula is C20H19ClN2O4. The molecule has 0 saturated heterocycles. The van der Waals surface area contributed by atoms with Crippen molar-refractivity contribution in [3.8, 4) is 5.75 Å². The van der Waals surface area contributed by atoms with Crippen molar-refractivity contribution in [3.05, 3.63) is 70.3 Å². The molecule has 3 rings (SSSR count). The number of hydrogen-bond donors (Lipinski definition) is 2. The van der Waals surface area contributed by atoms with Crippen LogP contribution in [-0.2, 0) is 9.53 Å². The molecule has 7 heteroatoms. The first-order valence-corrected chi connectivity index (χ1v) is 8.80. The van der Waals surface area contributed by atoms with Crippen molar-refractivity contribution in [2.45, 2.75) is 13.0 Å². The molecule has 27 heavy (non-hydrogen) atoms. The molecule has 1 unspecified atom stereocenters. The molecule has 0 fully saturated rings. The Kier molecular flexibility index (Phi) is 5.66. The van der Waals surface area contributed by atoms with Crippen LogP contribution in [0.5, 0.6) is 5.75 Å². The Balaban J connectivity index is 2.13. The van der Waals surface area contributed by atoms with E-state index in [4.69, 9.17) is 21.1 Å². The number of hydrogen-bond acceptors (Lipinski definition) is 4. The lowest BCUT2D eigenvalue weighted by Crippen LogP contribution is -2.45. The fourth-order valence-electron chi connectivity index (χ4n) is 2.95. The summed E-state index contributed by atoms with van der Waals surface area (Å²) < 4.78 is 10.4. The van der Waals surface area contributed by atoms with Gasteiger partial charge in [-0.15, -0.1) is 0 Å². The molecule has 0 spiro atoms. The number of nitrogens with one attached hydrogen (secondary N) is 2. The highest BCUT2D eigenvalue weighted by molar-refractivity contribution is 6.32. The van der Waals surface area contributed by atoms with Crippen LogP contribution in [0.25, 0.3) is 5.70 Å². The van der Waals surface area contributed by atoms with Crippen LogP contribution < -0.4 is 15.4 Å². The third-order valence-electron chi connectivity index (χ3n) is 4.13. The zero-order chi connectivity index (χ0) is 19.4. The highest BCUT2D eigenvalue weighted by Crippen LogP contribution is 2.35. The molecule has 0 aliphatic carbocycles. The van der Waals surface area contributed by atoms with E-state index in [1.54, 1.807) is 18.2 Å². The standard InChI is InChI=1S/C20H19ClN2O4/c1-3-27-15-10-9-13(11-14(15)21)18-16(19(24)26-2)17(22-20(25)23-18)12-7-5-4-6-8-12/h4-11,18H,3H2,1-2H3,(H2,22,23,25). The predicted molar refractivity (Wildman–Crippen MR) is 102 cm³/mol. The van der Waals surface area contributed by atoms with Crippen LogP contribution in [0.2, 0.25) is 5.02 Å². The summed E-state index contributed by atoms with van der Waals surface area (Å²) in [6.45, 7) is 2.34. The van der Waals surface area contributed by atoms with Crippen molar-refractivity contribution in [1.82, 2.24) is 10.6 Å². The van der Waals surface area contributed by atoms with E-state index in [9.17, 15) is 9.59 Å². The minimum atomic E-state index is -0.713. The van der Waals surface area contributed by atoms with E-state index in [0.717, 1.165) is 0 Å². The summed E-state index contributed by atoms with van der Waals surface area (Å²) in [4.78, 5) is 24.8. The number of esters is 1. The van der Waals surface area contributed by atoms with Crippen LogP contribution in [0.4, 0.5) is 4.79 Å². The van der Waals surface area contributed by atoms with Crippen molar-refractivity contribution in [2.24, 2.45) is 0 Å². The molecule has 0 radical (unpaired) electrons. The number of rotatable bonds is 5. The van der Waals surface area contributed by atoms with E-state index in [0.29, 0.717) is 39.8 Å². The molecule has 2 amide bonds. The minimum Gasteiger partial charge on any atom is -0.492 e. The summed E-state index contributed by atoms with van der Waals surface area (Å²) in [7, 11) is 1.30. The molecule has 0 aromatic heterocycles. The maximum absolute atomic E-state index is 12.6. The van der Waals surface area contributed by atoms with Crippen LogP contribution in [0, 0.1) is 0 Å². The van der Waals surface area contributed by atoms with Crippen molar-refractivity contribution >= 4 is 29.3 Å². The Labute approximate surface area is 162 Å². The second kappa shape index (κ2) is 8.14. The summed E-state index contributed by atoms with van der Waals surface area (Å²) in [6, 6.07) is 13.2. The molecule has 2 aromatic carbocycles. The minimum absolute atomic E-state index is 0.295. The molecule has 2 aromatic rings. The first kappa shape index (κ1) is 18.8. The largest absolute Gasteiger partial charge is 0.492 e. The summed E-state index contributed by atoms with van der Waals surface area (Å²) in [6.07, 6.45) is 0. The lowest BCUT2D eigenvalue weighted by atomic mass is 9.92. The van der Waals surface area contributed by atoms with Crippen molar-refractivity contribution in [3.63, 3.8) is 0 Å². The van der Waals surface area contributed by atoms with E-state index >= 15 is 0 Å². The Morgan fingerprint density at radius 2 is 1.93 bits per heavy atom. The number of methoxy groups -OCH3 is 1. The summed E-state index contributed by atoms with van der Waals surface area (Å²) in [5, 5.41) is 5.88. The van der Waals surface area contributed by atoms with Gasteiger partial charge in [0.2, 0.25) is 0 Å². The molecule has 0 saturated carbocycles. The molecule has 1 aliphatic heterocycles. The van der Waals surface area contributed by atoms with E-state index in [1.807, 2.05) is 37.3 Å². The maximum Gasteiger partial charge on any atom is 0.338 e. The number of amides is 2. The lowest BCUT2D eigenvalue weighted by Gasteiger charge is -2.29. The van der Waals surface area contributed by atoms with Gasteiger partial charge in [-0.1, -0.05) is 48.0 Å². The monoisotopic (exact) mass is 386 g/mol. The first-order chi connectivity index (χ1) is 13.0. The molecule has 0 bridgehead atoms. The fraction of sp³-hybridized carbons (Fsp3) is 0.200. The van der Waals surface area contributed by atoms with Gasteiger partial charge in [0.15, 0.2) is 0 Å². The van der Waals surface area contributed by atoms with Crippen LogP contribution in [0.1, 0.15) is 24.1 Å². The first-order valence-electron chi connectivity index (χ1n) is 8.42. The zero-order valence-corrected chi connectivity index (χ0v) is 15.7. The number of carbonyl (C=O) groups excluding carboxylic acids is 2. The fourth-order valence-corrected chi connectivity index (χ4v) is 3.19. The summed E-state index contributed by atoms with van der Waals surface area (Å²) in [5.74, 6) is -0.00795. The Morgan fingerprint density at radius 1 is 1.19 bits per heavy atom. The second-order valence-corrected chi connectivity index (χ2v) is 6.21. The number of benzene rings is 2. The van der Waals surface area contributed by atoms with E-state index < -0.39 is 18.0 Å².